The minimum Gasteiger partial charge on any atom is -0.490 e. The van der Waals surface area contributed by atoms with Gasteiger partial charge < -0.3 is 10.5 Å². The summed E-state index contributed by atoms with van der Waals surface area (Å²) in [6.45, 7) is 3.86. The molecule has 2 atom stereocenters. The van der Waals surface area contributed by atoms with E-state index in [1.54, 1.807) is 13.0 Å². The Hall–Kier alpha value is -1.27. The van der Waals surface area contributed by atoms with E-state index >= 15 is 0 Å². The Balaban J connectivity index is 2.34. The molecule has 0 bridgehead atoms. The molecule has 1 saturated carbocycles. The molecule has 20 heavy (non-hydrogen) atoms. The zero-order valence-corrected chi connectivity index (χ0v) is 12.7. The number of rotatable bonds is 3. The lowest BCUT2D eigenvalue weighted by molar-refractivity contribution is 0.101. The first-order valence-corrected chi connectivity index (χ1v) is 8.43. The summed E-state index contributed by atoms with van der Waals surface area (Å²) in [7, 11) is -3.79. The fourth-order valence-corrected chi connectivity index (χ4v) is 3.55. The average molecular weight is 298 g/mol. The van der Waals surface area contributed by atoms with Gasteiger partial charge in [-0.2, -0.15) is 0 Å². The predicted molar refractivity (Wildman–Crippen MR) is 79.0 cm³/mol. The van der Waals surface area contributed by atoms with Gasteiger partial charge in [-0.3, -0.25) is 0 Å². The van der Waals surface area contributed by atoms with Gasteiger partial charge >= 0.3 is 0 Å². The average Bonchev–Trinajstić information content (AvgIpc) is 2.34. The third kappa shape index (κ3) is 3.24. The number of hydrogen-bond donors (Lipinski definition) is 2. The summed E-state index contributed by atoms with van der Waals surface area (Å²) in [6.07, 6.45) is 4.59. The van der Waals surface area contributed by atoms with Crippen molar-refractivity contribution in [3.63, 3.8) is 0 Å². The maximum atomic E-state index is 11.6. The van der Waals surface area contributed by atoms with Gasteiger partial charge in [-0.25, -0.2) is 13.6 Å². The van der Waals surface area contributed by atoms with Crippen LogP contribution in [0.5, 0.6) is 5.75 Å². The van der Waals surface area contributed by atoms with E-state index in [9.17, 15) is 8.42 Å². The van der Waals surface area contributed by atoms with Crippen LogP contribution in [0.1, 0.15) is 38.2 Å². The highest BCUT2D eigenvalue weighted by Crippen LogP contribution is 2.33. The van der Waals surface area contributed by atoms with Gasteiger partial charge in [-0.05, 0) is 38.2 Å². The fraction of sp³-hybridized carbons (Fsp3) is 0.571. The van der Waals surface area contributed by atoms with Crippen LogP contribution in [0.3, 0.4) is 0 Å². The molecule has 0 aromatic heterocycles. The second-order valence-corrected chi connectivity index (χ2v) is 7.14. The van der Waals surface area contributed by atoms with E-state index in [-0.39, 0.29) is 11.0 Å². The van der Waals surface area contributed by atoms with Crippen molar-refractivity contribution in [2.24, 2.45) is 11.1 Å². The summed E-state index contributed by atoms with van der Waals surface area (Å²) >= 11 is 0. The summed E-state index contributed by atoms with van der Waals surface area (Å²) < 4.78 is 29.2. The normalized spacial score (nSPS) is 23.6. The molecular weight excluding hydrogens is 276 g/mol. The molecular formula is C14H22N2O3S. The summed E-state index contributed by atoms with van der Waals surface area (Å²) in [5.74, 6) is 0.982. The van der Waals surface area contributed by atoms with Crippen molar-refractivity contribution in [1.82, 2.24) is 0 Å². The van der Waals surface area contributed by atoms with Crippen LogP contribution in [-0.2, 0) is 10.0 Å². The number of anilines is 1. The van der Waals surface area contributed by atoms with E-state index in [4.69, 9.17) is 15.6 Å². The lowest BCUT2D eigenvalue weighted by atomic mass is 9.88. The van der Waals surface area contributed by atoms with Gasteiger partial charge in [-0.15, -0.1) is 0 Å². The van der Waals surface area contributed by atoms with Gasteiger partial charge in [0.1, 0.15) is 11.9 Å². The van der Waals surface area contributed by atoms with Crippen LogP contribution in [0.4, 0.5) is 5.69 Å². The molecule has 1 aromatic carbocycles. The highest BCUT2D eigenvalue weighted by molar-refractivity contribution is 7.89. The molecule has 6 heteroatoms. The summed E-state index contributed by atoms with van der Waals surface area (Å²) in [5.41, 5.74) is 6.64. The summed E-state index contributed by atoms with van der Waals surface area (Å²) in [4.78, 5) is 0.0379. The molecule has 1 aromatic rings. The first-order valence-electron chi connectivity index (χ1n) is 6.88. The Morgan fingerprint density at radius 3 is 2.50 bits per heavy atom. The van der Waals surface area contributed by atoms with E-state index < -0.39 is 10.0 Å². The van der Waals surface area contributed by atoms with Crippen molar-refractivity contribution >= 4 is 15.7 Å². The Kier molecular flexibility index (Phi) is 4.25. The quantitative estimate of drug-likeness (QED) is 0.836. The number of ether oxygens (including phenoxy) is 1. The molecule has 2 rings (SSSR count). The monoisotopic (exact) mass is 298 g/mol. The van der Waals surface area contributed by atoms with Crippen molar-refractivity contribution in [3.8, 4) is 5.75 Å². The van der Waals surface area contributed by atoms with Gasteiger partial charge in [0.05, 0.1) is 4.90 Å². The Morgan fingerprint density at radius 2 is 1.90 bits per heavy atom. The molecule has 1 aliphatic rings. The zero-order chi connectivity index (χ0) is 14.9. The molecule has 4 N–H and O–H groups in total. The van der Waals surface area contributed by atoms with Crippen LogP contribution < -0.4 is 15.6 Å². The Morgan fingerprint density at radius 1 is 1.25 bits per heavy atom. The van der Waals surface area contributed by atoms with E-state index in [1.807, 2.05) is 0 Å². The van der Waals surface area contributed by atoms with E-state index in [0.717, 1.165) is 19.3 Å². The third-order valence-corrected chi connectivity index (χ3v) is 4.99. The highest BCUT2D eigenvalue weighted by Gasteiger charge is 2.25. The molecule has 0 spiro atoms. The third-order valence-electron chi connectivity index (χ3n) is 3.95. The van der Waals surface area contributed by atoms with Crippen molar-refractivity contribution in [2.45, 2.75) is 50.5 Å². The smallest absolute Gasteiger partial charge is 0.238 e. The largest absolute Gasteiger partial charge is 0.490 e. The van der Waals surface area contributed by atoms with Crippen molar-refractivity contribution in [1.29, 1.82) is 0 Å². The second kappa shape index (κ2) is 5.61. The van der Waals surface area contributed by atoms with Crippen LogP contribution in [0.25, 0.3) is 0 Å². The number of sulfonamides is 1. The maximum Gasteiger partial charge on any atom is 0.238 e. The molecule has 1 fully saturated rings. The zero-order valence-electron chi connectivity index (χ0n) is 11.9. The number of nitrogen functional groups attached to an aromatic ring is 1. The van der Waals surface area contributed by atoms with Gasteiger partial charge in [0.2, 0.25) is 10.0 Å². The molecule has 0 heterocycles. The van der Waals surface area contributed by atoms with Crippen LogP contribution >= 0.6 is 0 Å². The highest BCUT2D eigenvalue weighted by atomic mass is 32.2. The van der Waals surface area contributed by atoms with Crippen LogP contribution in [0, 0.1) is 12.8 Å². The van der Waals surface area contributed by atoms with Gasteiger partial charge in [0.25, 0.3) is 0 Å². The maximum absolute atomic E-state index is 11.6. The van der Waals surface area contributed by atoms with Crippen LogP contribution in [0.15, 0.2) is 17.0 Å². The number of primary sulfonamides is 1. The second-order valence-electron chi connectivity index (χ2n) is 5.61. The first kappa shape index (κ1) is 15.1. The molecule has 5 nitrogen and oxygen atoms in total. The van der Waals surface area contributed by atoms with Crippen LogP contribution in [-0.4, -0.2) is 14.5 Å². The van der Waals surface area contributed by atoms with E-state index in [2.05, 4.69) is 6.92 Å². The number of benzene rings is 1. The minimum atomic E-state index is -3.79. The van der Waals surface area contributed by atoms with Gasteiger partial charge in [0, 0.05) is 17.3 Å². The molecule has 0 amide bonds. The predicted octanol–water partition coefficient (Wildman–Crippen LogP) is 2.18. The fourth-order valence-electron chi connectivity index (χ4n) is 2.72. The summed E-state index contributed by atoms with van der Waals surface area (Å²) in [5, 5.41) is 5.22. The SMILES string of the molecule is Cc1c(OC2CCCCC2C)cc(N)cc1S(N)(=O)=O. The van der Waals surface area contributed by atoms with Crippen LogP contribution in [0.2, 0.25) is 0 Å². The first-order chi connectivity index (χ1) is 9.29. The molecule has 0 saturated heterocycles. The van der Waals surface area contributed by atoms with Gasteiger partial charge in [0.15, 0.2) is 0 Å². The topological polar surface area (TPSA) is 95.4 Å². The Labute approximate surface area is 120 Å². The molecule has 112 valence electrons. The van der Waals surface area contributed by atoms with Crippen molar-refractivity contribution in [3.05, 3.63) is 17.7 Å². The minimum absolute atomic E-state index is 0.0379. The number of nitrogens with two attached hydrogens (primary N) is 2. The van der Waals surface area contributed by atoms with Gasteiger partial charge in [-0.1, -0.05) is 13.3 Å². The molecule has 0 radical (unpaired) electrons. The van der Waals surface area contributed by atoms with E-state index in [1.165, 1.54) is 12.5 Å². The molecule has 1 aliphatic carbocycles. The molecule has 2 unspecified atom stereocenters. The summed E-state index contributed by atoms with van der Waals surface area (Å²) in [6, 6.07) is 3.05. The van der Waals surface area contributed by atoms with Crippen molar-refractivity contribution in [2.75, 3.05) is 5.73 Å². The number of hydrogen-bond acceptors (Lipinski definition) is 4. The lowest BCUT2D eigenvalue weighted by Crippen LogP contribution is -2.28. The van der Waals surface area contributed by atoms with E-state index in [0.29, 0.717) is 22.9 Å². The van der Waals surface area contributed by atoms with Crippen molar-refractivity contribution < 1.29 is 13.2 Å². The molecule has 0 aliphatic heterocycles. The lowest BCUT2D eigenvalue weighted by Gasteiger charge is -2.30. The Bertz CT molecular complexity index is 599. The standard InChI is InChI=1S/C14H22N2O3S/c1-9-5-3-4-6-12(9)19-13-7-11(15)8-14(10(13)2)20(16,17)18/h7-9,12H,3-6,15H2,1-2H3,(H2,16,17,18).